The second-order valence-electron chi connectivity index (χ2n) is 7.09. The summed E-state index contributed by atoms with van der Waals surface area (Å²) in [4.78, 5) is 12.3. The number of ether oxygens (including phenoxy) is 1. The van der Waals surface area contributed by atoms with E-state index in [0.29, 0.717) is 30.9 Å². The molecule has 1 aliphatic rings. The largest absolute Gasteiger partial charge is 0.484 e. The number of benzene rings is 2. The topological polar surface area (TPSA) is 75.7 Å². The molecule has 1 N–H and O–H groups in total. The highest BCUT2D eigenvalue weighted by molar-refractivity contribution is 7.89. The number of aryl methyl sites for hydroxylation is 2. The lowest BCUT2D eigenvalue weighted by atomic mass is 10.1. The summed E-state index contributed by atoms with van der Waals surface area (Å²) in [5.41, 5.74) is 2.86. The molecule has 7 heteroatoms. The second kappa shape index (κ2) is 8.75. The van der Waals surface area contributed by atoms with Crippen molar-refractivity contribution in [3.8, 4) is 5.75 Å². The van der Waals surface area contributed by atoms with Crippen molar-refractivity contribution in [2.75, 3.05) is 19.7 Å². The van der Waals surface area contributed by atoms with Crippen LogP contribution in [0.1, 0.15) is 29.5 Å². The fourth-order valence-corrected chi connectivity index (χ4v) is 4.84. The van der Waals surface area contributed by atoms with Gasteiger partial charge in [-0.05, 0) is 56.0 Å². The molecule has 150 valence electrons. The lowest BCUT2D eigenvalue weighted by Gasteiger charge is -2.17. The van der Waals surface area contributed by atoms with Gasteiger partial charge in [-0.15, -0.1) is 0 Å². The summed E-state index contributed by atoms with van der Waals surface area (Å²) in [6.45, 7) is 5.25. The van der Waals surface area contributed by atoms with Gasteiger partial charge in [0, 0.05) is 19.6 Å². The molecule has 2 aromatic carbocycles. The van der Waals surface area contributed by atoms with Crippen LogP contribution in [0.15, 0.2) is 47.4 Å². The van der Waals surface area contributed by atoms with Crippen molar-refractivity contribution in [3.05, 3.63) is 59.2 Å². The van der Waals surface area contributed by atoms with Crippen LogP contribution < -0.4 is 10.1 Å². The number of sulfonamides is 1. The van der Waals surface area contributed by atoms with Gasteiger partial charge >= 0.3 is 0 Å². The summed E-state index contributed by atoms with van der Waals surface area (Å²) in [7, 11) is -3.45. The maximum absolute atomic E-state index is 12.6. The first-order valence-electron chi connectivity index (χ1n) is 9.42. The van der Waals surface area contributed by atoms with Gasteiger partial charge in [-0.25, -0.2) is 8.42 Å². The van der Waals surface area contributed by atoms with Gasteiger partial charge < -0.3 is 10.1 Å². The molecular formula is C21H26N2O4S. The minimum atomic E-state index is -3.45. The van der Waals surface area contributed by atoms with Gasteiger partial charge in [-0.3, -0.25) is 4.79 Å². The summed E-state index contributed by atoms with van der Waals surface area (Å²) in [5.74, 6) is 0.278. The summed E-state index contributed by atoms with van der Waals surface area (Å²) in [6, 6.07) is 12.7. The number of hydrogen-bond donors (Lipinski definition) is 1. The molecule has 0 bridgehead atoms. The first-order valence-corrected chi connectivity index (χ1v) is 10.9. The maximum atomic E-state index is 12.6. The fourth-order valence-electron chi connectivity index (χ4n) is 3.24. The first kappa shape index (κ1) is 20.4. The molecule has 0 aromatic heterocycles. The second-order valence-corrected chi connectivity index (χ2v) is 9.03. The van der Waals surface area contributed by atoms with Crippen LogP contribution in [0.3, 0.4) is 0 Å². The normalized spacial score (nSPS) is 14.8. The number of hydrogen-bond acceptors (Lipinski definition) is 4. The smallest absolute Gasteiger partial charge is 0.258 e. The van der Waals surface area contributed by atoms with Crippen molar-refractivity contribution in [1.29, 1.82) is 0 Å². The van der Waals surface area contributed by atoms with E-state index < -0.39 is 10.0 Å². The third-order valence-electron chi connectivity index (χ3n) is 4.78. The zero-order chi connectivity index (χ0) is 20.1. The minimum absolute atomic E-state index is 0.120. The molecular weight excluding hydrogens is 376 g/mol. The van der Waals surface area contributed by atoms with Gasteiger partial charge in [0.2, 0.25) is 10.0 Å². The standard InChI is InChI=1S/C21H26N2O4S/c1-16-6-5-7-18(12-16)14-22-21(24)15-27-20-9-8-19(13-17(20)2)28(25,26)23-10-3-4-11-23/h5-9,12-13H,3-4,10-11,14-15H2,1-2H3,(H,22,24). The molecule has 1 fully saturated rings. The van der Waals surface area contributed by atoms with Crippen LogP contribution >= 0.6 is 0 Å². The van der Waals surface area contributed by atoms with E-state index >= 15 is 0 Å². The van der Waals surface area contributed by atoms with Crippen molar-refractivity contribution < 1.29 is 17.9 Å². The third kappa shape index (κ3) is 4.91. The van der Waals surface area contributed by atoms with E-state index in [9.17, 15) is 13.2 Å². The predicted octanol–water partition coefficient (Wildman–Crippen LogP) is 2.78. The molecule has 3 rings (SSSR count). The Kier molecular flexibility index (Phi) is 6.36. The van der Waals surface area contributed by atoms with Crippen LogP contribution in [0.4, 0.5) is 0 Å². The van der Waals surface area contributed by atoms with Crippen molar-refractivity contribution in [3.63, 3.8) is 0 Å². The number of nitrogens with zero attached hydrogens (tertiary/aromatic N) is 1. The van der Waals surface area contributed by atoms with E-state index in [1.807, 2.05) is 31.2 Å². The van der Waals surface area contributed by atoms with E-state index in [1.54, 1.807) is 25.1 Å². The Labute approximate surface area is 166 Å². The molecule has 0 atom stereocenters. The number of carbonyl (C=O) groups excluding carboxylic acids is 1. The molecule has 1 saturated heterocycles. The van der Waals surface area contributed by atoms with Crippen LogP contribution in [-0.4, -0.2) is 38.3 Å². The molecule has 1 heterocycles. The molecule has 2 aromatic rings. The number of amides is 1. The van der Waals surface area contributed by atoms with Gasteiger partial charge in [0.15, 0.2) is 6.61 Å². The molecule has 1 aliphatic heterocycles. The molecule has 0 spiro atoms. The molecule has 0 aliphatic carbocycles. The van der Waals surface area contributed by atoms with Gasteiger partial charge in [-0.2, -0.15) is 4.31 Å². The van der Waals surface area contributed by atoms with E-state index in [-0.39, 0.29) is 17.4 Å². The Morgan fingerprint density at radius 2 is 1.86 bits per heavy atom. The number of carbonyl (C=O) groups is 1. The molecule has 0 radical (unpaired) electrons. The third-order valence-corrected chi connectivity index (χ3v) is 6.67. The minimum Gasteiger partial charge on any atom is -0.484 e. The average Bonchev–Trinajstić information content (AvgIpc) is 3.21. The Hall–Kier alpha value is -2.38. The van der Waals surface area contributed by atoms with Crippen molar-refractivity contribution in [1.82, 2.24) is 9.62 Å². The molecule has 0 unspecified atom stereocenters. The van der Waals surface area contributed by atoms with E-state index in [0.717, 1.165) is 24.0 Å². The molecule has 1 amide bonds. The summed E-state index contributed by atoms with van der Waals surface area (Å²) in [5, 5.41) is 2.82. The van der Waals surface area contributed by atoms with Gasteiger partial charge in [0.25, 0.3) is 5.91 Å². The highest BCUT2D eigenvalue weighted by Gasteiger charge is 2.27. The SMILES string of the molecule is Cc1cccc(CNC(=O)COc2ccc(S(=O)(=O)N3CCCC3)cc2C)c1. The quantitative estimate of drug-likeness (QED) is 0.773. The zero-order valence-corrected chi connectivity index (χ0v) is 17.1. The zero-order valence-electron chi connectivity index (χ0n) is 16.3. The van der Waals surface area contributed by atoms with Crippen LogP contribution in [-0.2, 0) is 21.4 Å². The summed E-state index contributed by atoms with van der Waals surface area (Å²) < 4.78 is 32.4. The van der Waals surface area contributed by atoms with Gasteiger partial charge in [0.1, 0.15) is 5.75 Å². The van der Waals surface area contributed by atoms with Gasteiger partial charge in [-0.1, -0.05) is 29.8 Å². The monoisotopic (exact) mass is 402 g/mol. The van der Waals surface area contributed by atoms with Crippen LogP contribution in [0.2, 0.25) is 0 Å². The summed E-state index contributed by atoms with van der Waals surface area (Å²) in [6.07, 6.45) is 1.80. The predicted molar refractivity (Wildman–Crippen MR) is 108 cm³/mol. The van der Waals surface area contributed by atoms with E-state index in [2.05, 4.69) is 5.32 Å². The number of nitrogens with one attached hydrogen (secondary N) is 1. The van der Waals surface area contributed by atoms with Crippen LogP contribution in [0.5, 0.6) is 5.75 Å². The highest BCUT2D eigenvalue weighted by Crippen LogP contribution is 2.26. The van der Waals surface area contributed by atoms with Gasteiger partial charge in [0.05, 0.1) is 4.90 Å². The first-order chi connectivity index (χ1) is 13.4. The van der Waals surface area contributed by atoms with E-state index in [4.69, 9.17) is 4.74 Å². The fraction of sp³-hybridized carbons (Fsp3) is 0.381. The molecule has 6 nitrogen and oxygen atoms in total. The number of rotatable bonds is 7. The average molecular weight is 403 g/mol. The summed E-state index contributed by atoms with van der Waals surface area (Å²) >= 11 is 0. The van der Waals surface area contributed by atoms with E-state index in [1.165, 1.54) is 4.31 Å². The van der Waals surface area contributed by atoms with Crippen LogP contribution in [0.25, 0.3) is 0 Å². The van der Waals surface area contributed by atoms with Crippen LogP contribution in [0, 0.1) is 13.8 Å². The maximum Gasteiger partial charge on any atom is 0.258 e. The molecule has 28 heavy (non-hydrogen) atoms. The lowest BCUT2D eigenvalue weighted by Crippen LogP contribution is -2.29. The van der Waals surface area contributed by atoms with Crippen molar-refractivity contribution in [2.45, 2.75) is 38.1 Å². The Morgan fingerprint density at radius 1 is 1.11 bits per heavy atom. The Bertz CT molecular complexity index is 951. The highest BCUT2D eigenvalue weighted by atomic mass is 32.2. The molecule has 0 saturated carbocycles. The van der Waals surface area contributed by atoms with Crippen molar-refractivity contribution in [2.24, 2.45) is 0 Å². The Morgan fingerprint density at radius 3 is 2.54 bits per heavy atom. The lowest BCUT2D eigenvalue weighted by molar-refractivity contribution is -0.123. The Balaban J connectivity index is 1.56. The van der Waals surface area contributed by atoms with Crippen molar-refractivity contribution >= 4 is 15.9 Å².